The van der Waals surface area contributed by atoms with Crippen molar-refractivity contribution in [2.24, 2.45) is 0 Å². The third kappa shape index (κ3) is 3.41. The van der Waals surface area contributed by atoms with Gasteiger partial charge in [-0.25, -0.2) is 9.97 Å². The van der Waals surface area contributed by atoms with Gasteiger partial charge in [0, 0.05) is 17.4 Å². The van der Waals surface area contributed by atoms with Crippen molar-refractivity contribution in [2.45, 2.75) is 18.5 Å². The molecule has 0 unspecified atom stereocenters. The van der Waals surface area contributed by atoms with Gasteiger partial charge < -0.3 is 10.3 Å². The van der Waals surface area contributed by atoms with Crippen LogP contribution in [-0.4, -0.2) is 26.6 Å². The molecule has 2 aromatic carbocycles. The number of thioether (sulfide) groups is 1. The zero-order valence-electron chi connectivity index (χ0n) is 14.3. The summed E-state index contributed by atoms with van der Waals surface area (Å²) in [4.78, 5) is 24.3. The molecule has 0 fully saturated rings. The molecule has 0 aliphatic heterocycles. The van der Waals surface area contributed by atoms with E-state index in [1.165, 1.54) is 17.3 Å². The van der Waals surface area contributed by atoms with Crippen LogP contribution in [0.2, 0.25) is 0 Å². The number of H-pyrrole nitrogens is 1. The first-order valence-electron chi connectivity index (χ1n) is 8.37. The van der Waals surface area contributed by atoms with E-state index in [-0.39, 0.29) is 5.91 Å². The lowest BCUT2D eigenvalue weighted by molar-refractivity contribution is -0.118. The van der Waals surface area contributed by atoms with Crippen LogP contribution in [0, 0.1) is 6.92 Å². The zero-order valence-corrected chi connectivity index (χ0v) is 15.1. The number of aryl methyl sites for hydroxylation is 1. The van der Waals surface area contributed by atoms with Crippen LogP contribution >= 0.6 is 11.8 Å². The number of benzene rings is 2. The summed E-state index contributed by atoms with van der Waals surface area (Å²) in [6.45, 7) is 2.59. The summed E-state index contributed by atoms with van der Waals surface area (Å²) in [6, 6.07) is 16.1. The maximum Gasteiger partial charge on any atom is 0.230 e. The Hall–Kier alpha value is -2.86. The van der Waals surface area contributed by atoms with E-state index in [9.17, 15) is 4.79 Å². The van der Waals surface area contributed by atoms with E-state index in [4.69, 9.17) is 0 Å². The van der Waals surface area contributed by atoms with Crippen molar-refractivity contribution in [3.63, 3.8) is 0 Å². The summed E-state index contributed by atoms with van der Waals surface area (Å²) in [7, 11) is 0. The topological polar surface area (TPSA) is 70.7 Å². The summed E-state index contributed by atoms with van der Waals surface area (Å²) in [5, 5.41) is 4.81. The summed E-state index contributed by atoms with van der Waals surface area (Å²) in [5.41, 5.74) is 5.08. The molecule has 0 spiro atoms. The fourth-order valence-electron chi connectivity index (χ4n) is 2.87. The number of fused-ring (bicyclic) bond motifs is 3. The third-order valence-electron chi connectivity index (χ3n) is 4.17. The molecule has 4 aromatic rings. The number of aromatic nitrogens is 3. The summed E-state index contributed by atoms with van der Waals surface area (Å²) >= 11 is 1.42. The zero-order chi connectivity index (χ0) is 17.9. The number of hydrogen-bond donors (Lipinski definition) is 2. The predicted molar refractivity (Wildman–Crippen MR) is 105 cm³/mol. The molecule has 2 N–H and O–H groups in total. The lowest BCUT2D eigenvalue weighted by atomic mass is 10.2. The third-order valence-corrected chi connectivity index (χ3v) is 5.16. The second-order valence-electron chi connectivity index (χ2n) is 6.13. The summed E-state index contributed by atoms with van der Waals surface area (Å²) in [5.74, 6) is 0.297. The van der Waals surface area contributed by atoms with Gasteiger partial charge in [0.05, 0.1) is 11.3 Å². The summed E-state index contributed by atoms with van der Waals surface area (Å²) < 4.78 is 0. The molecule has 6 heteroatoms. The van der Waals surface area contributed by atoms with Gasteiger partial charge in [0.25, 0.3) is 0 Å². The van der Waals surface area contributed by atoms with Gasteiger partial charge in [-0.05, 0) is 24.6 Å². The summed E-state index contributed by atoms with van der Waals surface area (Å²) in [6.07, 6.45) is 1.56. The first kappa shape index (κ1) is 16.6. The van der Waals surface area contributed by atoms with E-state index in [1.807, 2.05) is 36.4 Å². The standard InChI is InChI=1S/C20H18N4OS/c1-13-7-8-16-15(9-13)18-19(24-16)20(23-12-22-18)26-11-17(25)21-10-14-5-3-2-4-6-14/h2-9,12,24H,10-11H2,1H3,(H,21,25). The van der Waals surface area contributed by atoms with E-state index < -0.39 is 0 Å². The Balaban J connectivity index is 1.48. The fraction of sp³-hybridized carbons (Fsp3) is 0.150. The highest BCUT2D eigenvalue weighted by atomic mass is 32.2. The van der Waals surface area contributed by atoms with Crippen molar-refractivity contribution in [2.75, 3.05) is 5.75 Å². The van der Waals surface area contributed by atoms with Crippen molar-refractivity contribution >= 4 is 39.6 Å². The van der Waals surface area contributed by atoms with Crippen molar-refractivity contribution in [3.8, 4) is 0 Å². The molecule has 0 saturated carbocycles. The SMILES string of the molecule is Cc1ccc2[nH]c3c(SCC(=O)NCc4ccccc4)ncnc3c2c1. The molecule has 0 bridgehead atoms. The van der Waals surface area contributed by atoms with E-state index in [0.29, 0.717) is 12.3 Å². The van der Waals surface area contributed by atoms with E-state index in [1.54, 1.807) is 6.33 Å². The number of carbonyl (C=O) groups excluding carboxylic acids is 1. The number of aromatic amines is 1. The van der Waals surface area contributed by atoms with Gasteiger partial charge in [-0.3, -0.25) is 4.79 Å². The molecule has 0 aliphatic carbocycles. The predicted octanol–water partition coefficient (Wildman–Crippen LogP) is 3.83. The lowest BCUT2D eigenvalue weighted by Gasteiger charge is -2.05. The van der Waals surface area contributed by atoms with E-state index >= 15 is 0 Å². The molecule has 130 valence electrons. The average Bonchev–Trinajstić information content (AvgIpc) is 3.04. The molecule has 2 aromatic heterocycles. The first-order chi connectivity index (χ1) is 12.7. The number of carbonyl (C=O) groups is 1. The molecule has 26 heavy (non-hydrogen) atoms. The Morgan fingerprint density at radius 1 is 1.15 bits per heavy atom. The number of nitrogens with zero attached hydrogens (tertiary/aromatic N) is 2. The van der Waals surface area contributed by atoms with Gasteiger partial charge in [0.2, 0.25) is 5.91 Å². The Bertz CT molecular complexity index is 1080. The highest BCUT2D eigenvalue weighted by Crippen LogP contribution is 2.30. The van der Waals surface area contributed by atoms with Crippen LogP contribution in [0.3, 0.4) is 0 Å². The van der Waals surface area contributed by atoms with Gasteiger partial charge in [-0.1, -0.05) is 53.7 Å². The number of amides is 1. The molecule has 5 nitrogen and oxygen atoms in total. The van der Waals surface area contributed by atoms with Crippen LogP contribution in [0.5, 0.6) is 0 Å². The molecule has 0 saturated heterocycles. The Labute approximate surface area is 155 Å². The van der Waals surface area contributed by atoms with Crippen LogP contribution in [0.25, 0.3) is 21.9 Å². The number of hydrogen-bond acceptors (Lipinski definition) is 4. The lowest BCUT2D eigenvalue weighted by Crippen LogP contribution is -2.24. The Morgan fingerprint density at radius 3 is 2.85 bits per heavy atom. The minimum Gasteiger partial charge on any atom is -0.351 e. The average molecular weight is 362 g/mol. The fourth-order valence-corrected chi connectivity index (χ4v) is 3.66. The quantitative estimate of drug-likeness (QED) is 0.418. The number of rotatable bonds is 5. The Kier molecular flexibility index (Phi) is 4.58. The van der Waals surface area contributed by atoms with Crippen molar-refractivity contribution in [1.29, 1.82) is 0 Å². The van der Waals surface area contributed by atoms with Crippen molar-refractivity contribution in [1.82, 2.24) is 20.3 Å². The van der Waals surface area contributed by atoms with Gasteiger partial charge in [0.1, 0.15) is 16.9 Å². The van der Waals surface area contributed by atoms with Crippen molar-refractivity contribution in [3.05, 3.63) is 66.0 Å². The van der Waals surface area contributed by atoms with Crippen LogP contribution < -0.4 is 5.32 Å². The molecular weight excluding hydrogens is 344 g/mol. The number of nitrogens with one attached hydrogen (secondary N) is 2. The van der Waals surface area contributed by atoms with Crippen molar-refractivity contribution < 1.29 is 4.79 Å². The molecule has 4 rings (SSSR count). The van der Waals surface area contributed by atoms with Gasteiger partial charge in [0.15, 0.2) is 0 Å². The molecule has 0 aliphatic rings. The van der Waals surface area contributed by atoms with E-state index in [2.05, 4.69) is 39.3 Å². The maximum absolute atomic E-state index is 12.2. The van der Waals surface area contributed by atoms with Gasteiger partial charge in [-0.15, -0.1) is 0 Å². The molecule has 0 radical (unpaired) electrons. The normalized spacial score (nSPS) is 11.1. The minimum absolute atomic E-state index is 0.0161. The van der Waals surface area contributed by atoms with E-state index in [0.717, 1.165) is 32.5 Å². The molecule has 2 heterocycles. The Morgan fingerprint density at radius 2 is 2.00 bits per heavy atom. The monoisotopic (exact) mass is 362 g/mol. The molecule has 1 amide bonds. The largest absolute Gasteiger partial charge is 0.351 e. The van der Waals surface area contributed by atoms with Crippen LogP contribution in [0.1, 0.15) is 11.1 Å². The highest BCUT2D eigenvalue weighted by molar-refractivity contribution is 8.00. The maximum atomic E-state index is 12.2. The van der Waals surface area contributed by atoms with Crippen LogP contribution in [-0.2, 0) is 11.3 Å². The van der Waals surface area contributed by atoms with Gasteiger partial charge in [-0.2, -0.15) is 0 Å². The second kappa shape index (κ2) is 7.17. The minimum atomic E-state index is -0.0161. The van der Waals surface area contributed by atoms with Gasteiger partial charge >= 0.3 is 0 Å². The van der Waals surface area contributed by atoms with Crippen LogP contribution in [0.15, 0.2) is 59.9 Å². The highest BCUT2D eigenvalue weighted by Gasteiger charge is 2.12. The smallest absolute Gasteiger partial charge is 0.230 e. The van der Waals surface area contributed by atoms with Crippen LogP contribution in [0.4, 0.5) is 0 Å². The second-order valence-corrected chi connectivity index (χ2v) is 7.09. The molecule has 0 atom stereocenters. The first-order valence-corrected chi connectivity index (χ1v) is 9.36. The molecular formula is C20H18N4OS.